The zero-order valence-electron chi connectivity index (χ0n) is 7.05. The van der Waals surface area contributed by atoms with E-state index in [0.717, 1.165) is 15.9 Å². The SMILES string of the molecule is Cl.Cl.NCc1nnc2ccc(Br)cn12. The summed E-state index contributed by atoms with van der Waals surface area (Å²) in [7, 11) is 0. The van der Waals surface area contributed by atoms with Crippen molar-refractivity contribution in [3.63, 3.8) is 0 Å². The van der Waals surface area contributed by atoms with Gasteiger partial charge in [-0.05, 0) is 28.1 Å². The van der Waals surface area contributed by atoms with Crippen molar-refractivity contribution in [2.24, 2.45) is 5.73 Å². The second kappa shape index (κ2) is 5.50. The molecule has 0 amide bonds. The van der Waals surface area contributed by atoms with E-state index in [4.69, 9.17) is 5.73 Å². The number of nitrogens with two attached hydrogens (primary N) is 1. The number of halogens is 3. The van der Waals surface area contributed by atoms with E-state index in [1.165, 1.54) is 0 Å². The average Bonchev–Trinajstić information content (AvgIpc) is 2.46. The molecule has 7 heteroatoms. The molecule has 4 nitrogen and oxygen atoms in total. The van der Waals surface area contributed by atoms with Crippen LogP contribution in [0.4, 0.5) is 0 Å². The Labute approximate surface area is 102 Å². The Morgan fingerprint density at radius 1 is 1.29 bits per heavy atom. The van der Waals surface area contributed by atoms with Gasteiger partial charge in [-0.25, -0.2) is 0 Å². The number of rotatable bonds is 1. The van der Waals surface area contributed by atoms with Crippen LogP contribution in [0.3, 0.4) is 0 Å². The van der Waals surface area contributed by atoms with Crippen molar-refractivity contribution < 1.29 is 0 Å². The first-order valence-corrected chi connectivity index (χ1v) is 4.30. The highest BCUT2D eigenvalue weighted by Crippen LogP contribution is 2.11. The van der Waals surface area contributed by atoms with Crippen LogP contribution in [-0.2, 0) is 6.54 Å². The van der Waals surface area contributed by atoms with Gasteiger partial charge in [0.2, 0.25) is 0 Å². The maximum absolute atomic E-state index is 5.47. The second-order valence-electron chi connectivity index (χ2n) is 2.40. The van der Waals surface area contributed by atoms with Crippen LogP contribution in [-0.4, -0.2) is 14.6 Å². The Hall–Kier alpha value is -0.360. The Morgan fingerprint density at radius 2 is 2.00 bits per heavy atom. The summed E-state index contributed by atoms with van der Waals surface area (Å²) in [6.45, 7) is 0.400. The van der Waals surface area contributed by atoms with Gasteiger partial charge < -0.3 is 5.73 Å². The van der Waals surface area contributed by atoms with Crippen LogP contribution in [0.15, 0.2) is 22.8 Å². The lowest BCUT2D eigenvalue weighted by molar-refractivity contribution is 0.881. The monoisotopic (exact) mass is 298 g/mol. The highest BCUT2D eigenvalue weighted by atomic mass is 79.9. The van der Waals surface area contributed by atoms with Crippen molar-refractivity contribution in [1.82, 2.24) is 14.6 Å². The van der Waals surface area contributed by atoms with Gasteiger partial charge in [0, 0.05) is 10.7 Å². The van der Waals surface area contributed by atoms with Gasteiger partial charge in [0.25, 0.3) is 0 Å². The average molecular weight is 300 g/mol. The van der Waals surface area contributed by atoms with E-state index in [9.17, 15) is 0 Å². The summed E-state index contributed by atoms with van der Waals surface area (Å²) in [5.74, 6) is 0.770. The number of hydrogen-bond acceptors (Lipinski definition) is 3. The quantitative estimate of drug-likeness (QED) is 0.873. The van der Waals surface area contributed by atoms with Gasteiger partial charge in [-0.2, -0.15) is 0 Å². The first kappa shape index (κ1) is 13.6. The van der Waals surface area contributed by atoms with Gasteiger partial charge in [0.1, 0.15) is 0 Å². The fourth-order valence-electron chi connectivity index (χ4n) is 1.05. The van der Waals surface area contributed by atoms with E-state index < -0.39 is 0 Å². The normalized spacial score (nSPS) is 9.29. The number of nitrogens with zero attached hydrogens (tertiary/aromatic N) is 3. The molecule has 14 heavy (non-hydrogen) atoms. The maximum Gasteiger partial charge on any atom is 0.160 e. The predicted octanol–water partition coefficient (Wildman–Crippen LogP) is 1.79. The number of pyridine rings is 1. The molecule has 0 aliphatic carbocycles. The third-order valence-electron chi connectivity index (χ3n) is 1.62. The van der Waals surface area contributed by atoms with Crippen LogP contribution in [0.25, 0.3) is 5.65 Å². The molecule has 0 aromatic carbocycles. The molecule has 2 heterocycles. The molecule has 0 bridgehead atoms. The molecule has 2 N–H and O–H groups in total. The molecule has 78 valence electrons. The third kappa shape index (κ3) is 2.36. The van der Waals surface area contributed by atoms with Gasteiger partial charge >= 0.3 is 0 Å². The third-order valence-corrected chi connectivity index (χ3v) is 2.09. The molecule has 0 aliphatic heterocycles. The molecule has 2 aromatic rings. The first-order valence-electron chi connectivity index (χ1n) is 3.50. The minimum Gasteiger partial charge on any atom is -0.324 e. The zero-order chi connectivity index (χ0) is 8.55. The van der Waals surface area contributed by atoms with Gasteiger partial charge in [-0.1, -0.05) is 0 Å². The van der Waals surface area contributed by atoms with Crippen LogP contribution < -0.4 is 5.73 Å². The summed E-state index contributed by atoms with van der Waals surface area (Å²) in [6, 6.07) is 3.81. The lowest BCUT2D eigenvalue weighted by Gasteiger charge is -1.95. The molecule has 0 unspecified atom stereocenters. The van der Waals surface area contributed by atoms with Crippen LogP contribution >= 0.6 is 40.7 Å². The molecule has 0 saturated carbocycles. The smallest absolute Gasteiger partial charge is 0.160 e. The molecule has 0 radical (unpaired) electrons. The highest BCUT2D eigenvalue weighted by molar-refractivity contribution is 9.10. The van der Waals surface area contributed by atoms with Gasteiger partial charge in [-0.15, -0.1) is 35.0 Å². The zero-order valence-corrected chi connectivity index (χ0v) is 10.3. The van der Waals surface area contributed by atoms with Crippen molar-refractivity contribution in [1.29, 1.82) is 0 Å². The van der Waals surface area contributed by atoms with E-state index in [-0.39, 0.29) is 24.8 Å². The lowest BCUT2D eigenvalue weighted by Crippen LogP contribution is -2.02. The molecular weight excluding hydrogens is 291 g/mol. The van der Waals surface area contributed by atoms with Crippen LogP contribution in [0.1, 0.15) is 5.82 Å². The minimum absolute atomic E-state index is 0. The largest absolute Gasteiger partial charge is 0.324 e. The molecule has 0 spiro atoms. The van der Waals surface area contributed by atoms with E-state index in [1.807, 2.05) is 22.7 Å². The second-order valence-corrected chi connectivity index (χ2v) is 3.31. The maximum atomic E-state index is 5.47. The van der Waals surface area contributed by atoms with Gasteiger partial charge in [-0.3, -0.25) is 4.40 Å². The molecule has 0 fully saturated rings. The van der Waals surface area contributed by atoms with E-state index in [2.05, 4.69) is 26.1 Å². The summed E-state index contributed by atoms with van der Waals surface area (Å²) in [5.41, 5.74) is 6.29. The van der Waals surface area contributed by atoms with E-state index in [1.54, 1.807) is 0 Å². The predicted molar refractivity (Wildman–Crippen MR) is 63.1 cm³/mol. The number of hydrogen-bond donors (Lipinski definition) is 1. The van der Waals surface area contributed by atoms with Crippen molar-refractivity contribution in [3.05, 3.63) is 28.6 Å². The summed E-state index contributed by atoms with van der Waals surface area (Å²) < 4.78 is 2.86. The number of fused-ring (bicyclic) bond motifs is 1. The molecule has 0 aliphatic rings. The minimum atomic E-state index is 0. The van der Waals surface area contributed by atoms with Crippen LogP contribution in [0.2, 0.25) is 0 Å². The van der Waals surface area contributed by atoms with Crippen LogP contribution in [0, 0.1) is 0 Å². The van der Waals surface area contributed by atoms with Gasteiger partial charge in [0.15, 0.2) is 11.5 Å². The van der Waals surface area contributed by atoms with Crippen molar-refractivity contribution in [2.45, 2.75) is 6.54 Å². The van der Waals surface area contributed by atoms with Crippen molar-refractivity contribution >= 4 is 46.4 Å². The topological polar surface area (TPSA) is 56.2 Å². The number of aromatic nitrogens is 3. The Bertz CT molecular complexity index is 417. The molecule has 2 rings (SSSR count). The highest BCUT2D eigenvalue weighted by Gasteiger charge is 2.01. The van der Waals surface area contributed by atoms with E-state index in [0.29, 0.717) is 6.54 Å². The summed E-state index contributed by atoms with van der Waals surface area (Å²) in [6.07, 6.45) is 1.90. The summed E-state index contributed by atoms with van der Waals surface area (Å²) in [5, 5.41) is 7.86. The lowest BCUT2D eigenvalue weighted by atomic mass is 10.4. The van der Waals surface area contributed by atoms with Gasteiger partial charge in [0.05, 0.1) is 6.54 Å². The van der Waals surface area contributed by atoms with Crippen molar-refractivity contribution in [2.75, 3.05) is 0 Å². The molecular formula is C7H9BrCl2N4. The van der Waals surface area contributed by atoms with E-state index >= 15 is 0 Å². The molecule has 2 aromatic heterocycles. The summed E-state index contributed by atoms with van der Waals surface area (Å²) in [4.78, 5) is 0. The standard InChI is InChI=1S/C7H7BrN4.2ClH/c8-5-1-2-6-10-11-7(3-9)12(6)4-5;;/h1-2,4H,3,9H2;2*1H. The molecule has 0 atom stereocenters. The van der Waals surface area contributed by atoms with Crippen LogP contribution in [0.5, 0.6) is 0 Å². The fraction of sp³-hybridized carbons (Fsp3) is 0.143. The van der Waals surface area contributed by atoms with Crippen molar-refractivity contribution in [3.8, 4) is 0 Å². The molecule has 0 saturated heterocycles. The Balaban J connectivity index is 0.000000845. The summed E-state index contributed by atoms with van der Waals surface area (Å²) >= 11 is 3.36. The Kier molecular flexibility index (Phi) is 5.36. The fourth-order valence-corrected chi connectivity index (χ4v) is 1.39. The first-order chi connectivity index (χ1) is 5.81. The Morgan fingerprint density at radius 3 is 2.64 bits per heavy atom.